The second-order valence-corrected chi connectivity index (χ2v) is 8.37. The Morgan fingerprint density at radius 2 is 2.07 bits per heavy atom. The molecule has 0 atom stereocenters. The largest absolute Gasteiger partial charge is 0.355 e. The van der Waals surface area contributed by atoms with E-state index >= 15 is 0 Å². The van der Waals surface area contributed by atoms with Crippen molar-refractivity contribution in [2.75, 3.05) is 12.3 Å². The zero-order chi connectivity index (χ0) is 19.1. The molecule has 1 amide bonds. The summed E-state index contributed by atoms with van der Waals surface area (Å²) in [4.78, 5) is 12.3. The van der Waals surface area contributed by atoms with E-state index in [-0.39, 0.29) is 5.91 Å². The maximum atomic E-state index is 12.3. The second kappa shape index (κ2) is 9.93. The van der Waals surface area contributed by atoms with Crippen molar-refractivity contribution in [3.05, 3.63) is 29.8 Å². The summed E-state index contributed by atoms with van der Waals surface area (Å²) < 4.78 is 2.13. The van der Waals surface area contributed by atoms with Crippen LogP contribution in [0.3, 0.4) is 0 Å². The molecular formula is C21H30N4OS. The molecule has 3 rings (SSSR count). The summed E-state index contributed by atoms with van der Waals surface area (Å²) in [6.07, 6.45) is 7.44. The number of aryl methyl sites for hydroxylation is 1. The van der Waals surface area contributed by atoms with Crippen LogP contribution in [0.4, 0.5) is 0 Å². The third kappa shape index (κ3) is 5.58. The smallest absolute Gasteiger partial charge is 0.230 e. The Kier molecular flexibility index (Phi) is 7.33. The highest BCUT2D eigenvalue weighted by Gasteiger charge is 2.17. The maximum absolute atomic E-state index is 12.3. The van der Waals surface area contributed by atoms with E-state index in [1.807, 2.05) is 6.07 Å². The van der Waals surface area contributed by atoms with E-state index in [4.69, 9.17) is 0 Å². The Balaban J connectivity index is 1.60. The van der Waals surface area contributed by atoms with Gasteiger partial charge in [0.25, 0.3) is 0 Å². The highest BCUT2D eigenvalue weighted by atomic mass is 32.2. The Morgan fingerprint density at radius 3 is 2.81 bits per heavy atom. The van der Waals surface area contributed by atoms with Gasteiger partial charge in [0, 0.05) is 18.7 Å². The number of hydrogen-bond acceptors (Lipinski definition) is 4. The van der Waals surface area contributed by atoms with E-state index in [1.54, 1.807) is 0 Å². The number of nitrogens with zero attached hydrogens (tertiary/aromatic N) is 3. The average Bonchev–Trinajstić information content (AvgIpc) is 3.08. The van der Waals surface area contributed by atoms with Crippen LogP contribution in [0.5, 0.6) is 0 Å². The molecule has 0 spiro atoms. The monoisotopic (exact) mass is 386 g/mol. The van der Waals surface area contributed by atoms with Crippen LogP contribution < -0.4 is 5.32 Å². The normalized spacial score (nSPS) is 15.0. The number of hydrogen-bond donors (Lipinski definition) is 1. The maximum Gasteiger partial charge on any atom is 0.230 e. The fourth-order valence-electron chi connectivity index (χ4n) is 3.65. The molecule has 1 heterocycles. The Morgan fingerprint density at radius 1 is 1.26 bits per heavy atom. The zero-order valence-corrected chi connectivity index (χ0v) is 17.2. The van der Waals surface area contributed by atoms with Crippen LogP contribution in [0, 0.1) is 12.8 Å². The van der Waals surface area contributed by atoms with Gasteiger partial charge in [0.15, 0.2) is 11.0 Å². The number of aromatic nitrogens is 3. The number of rotatable bonds is 8. The lowest BCUT2D eigenvalue weighted by Gasteiger charge is -2.21. The van der Waals surface area contributed by atoms with E-state index in [9.17, 15) is 4.79 Å². The van der Waals surface area contributed by atoms with Gasteiger partial charge in [-0.1, -0.05) is 61.7 Å². The number of benzene rings is 1. The molecule has 1 aliphatic rings. The van der Waals surface area contributed by atoms with Crippen molar-refractivity contribution in [1.29, 1.82) is 0 Å². The molecule has 0 unspecified atom stereocenters. The molecule has 0 aliphatic heterocycles. The van der Waals surface area contributed by atoms with Gasteiger partial charge in [-0.15, -0.1) is 10.2 Å². The summed E-state index contributed by atoms with van der Waals surface area (Å²) in [5, 5.41) is 12.7. The number of thioether (sulfide) groups is 1. The standard InChI is InChI=1S/C21H30N4OS/c1-3-12-25-20(18-11-7-8-16(2)13-18)23-24-21(25)27-15-19(26)22-14-17-9-5-4-6-10-17/h7-8,11,13,17H,3-6,9-10,12,14-15H2,1-2H3,(H,22,26). The van der Waals surface area contributed by atoms with E-state index in [0.717, 1.165) is 36.1 Å². The van der Waals surface area contributed by atoms with Crippen molar-refractivity contribution in [3.8, 4) is 11.4 Å². The first-order valence-corrected chi connectivity index (χ1v) is 11.1. The van der Waals surface area contributed by atoms with Gasteiger partial charge in [0.2, 0.25) is 5.91 Å². The summed E-state index contributed by atoms with van der Waals surface area (Å²) in [6, 6.07) is 8.31. The molecule has 1 aromatic heterocycles. The van der Waals surface area contributed by atoms with Crippen LogP contribution >= 0.6 is 11.8 Å². The quantitative estimate of drug-likeness (QED) is 0.681. The molecule has 6 heteroatoms. The molecule has 0 saturated heterocycles. The van der Waals surface area contributed by atoms with Gasteiger partial charge in [-0.25, -0.2) is 0 Å². The molecule has 1 fully saturated rings. The zero-order valence-electron chi connectivity index (χ0n) is 16.4. The molecule has 146 valence electrons. The lowest BCUT2D eigenvalue weighted by molar-refractivity contribution is -0.118. The minimum Gasteiger partial charge on any atom is -0.355 e. The highest BCUT2D eigenvalue weighted by Crippen LogP contribution is 2.25. The van der Waals surface area contributed by atoms with Gasteiger partial charge in [0.1, 0.15) is 0 Å². The summed E-state index contributed by atoms with van der Waals surface area (Å²) in [5.74, 6) is 2.02. The lowest BCUT2D eigenvalue weighted by Crippen LogP contribution is -2.31. The Hall–Kier alpha value is -1.82. The van der Waals surface area contributed by atoms with Crippen LogP contribution in [-0.2, 0) is 11.3 Å². The van der Waals surface area contributed by atoms with Gasteiger partial charge in [-0.2, -0.15) is 0 Å². The van der Waals surface area contributed by atoms with Gasteiger partial charge in [-0.3, -0.25) is 4.79 Å². The van der Waals surface area contributed by atoms with Crippen LogP contribution in [0.2, 0.25) is 0 Å². The van der Waals surface area contributed by atoms with Crippen LogP contribution in [-0.4, -0.2) is 33.0 Å². The SMILES string of the molecule is CCCn1c(SCC(=O)NCC2CCCCC2)nnc1-c1cccc(C)c1. The van der Waals surface area contributed by atoms with E-state index in [1.165, 1.54) is 49.4 Å². The molecule has 1 saturated carbocycles. The highest BCUT2D eigenvalue weighted by molar-refractivity contribution is 7.99. The molecule has 0 bridgehead atoms. The molecule has 2 aromatic rings. The van der Waals surface area contributed by atoms with Gasteiger partial charge in [-0.05, 0) is 38.2 Å². The summed E-state index contributed by atoms with van der Waals surface area (Å²) in [7, 11) is 0. The number of amides is 1. The van der Waals surface area contributed by atoms with Crippen molar-refractivity contribution < 1.29 is 4.79 Å². The number of nitrogens with one attached hydrogen (secondary N) is 1. The van der Waals surface area contributed by atoms with Gasteiger partial charge >= 0.3 is 0 Å². The lowest BCUT2D eigenvalue weighted by atomic mass is 9.89. The molecule has 1 N–H and O–H groups in total. The fraction of sp³-hybridized carbons (Fsp3) is 0.571. The molecule has 0 radical (unpaired) electrons. The van der Waals surface area contributed by atoms with Crippen molar-refractivity contribution >= 4 is 17.7 Å². The molecule has 5 nitrogen and oxygen atoms in total. The van der Waals surface area contributed by atoms with Crippen molar-refractivity contribution in [2.24, 2.45) is 5.92 Å². The van der Waals surface area contributed by atoms with E-state index in [2.05, 4.69) is 52.1 Å². The Labute approximate surface area is 166 Å². The third-order valence-corrected chi connectivity index (χ3v) is 6.05. The Bertz CT molecular complexity index is 752. The van der Waals surface area contributed by atoms with E-state index in [0.29, 0.717) is 11.7 Å². The number of carbonyl (C=O) groups is 1. The molecule has 1 aromatic carbocycles. The van der Waals surface area contributed by atoms with Crippen LogP contribution in [0.15, 0.2) is 29.4 Å². The molecule has 27 heavy (non-hydrogen) atoms. The van der Waals surface area contributed by atoms with Crippen molar-refractivity contribution in [2.45, 2.75) is 64.1 Å². The summed E-state index contributed by atoms with van der Waals surface area (Å²) in [5.41, 5.74) is 2.28. The van der Waals surface area contributed by atoms with Crippen molar-refractivity contribution in [3.63, 3.8) is 0 Å². The predicted octanol–water partition coefficient (Wildman–Crippen LogP) is 4.45. The third-order valence-electron chi connectivity index (χ3n) is 5.09. The fourth-order valence-corrected chi connectivity index (χ4v) is 4.44. The number of carbonyl (C=O) groups excluding carboxylic acids is 1. The first kappa shape index (κ1) is 19.9. The molecular weight excluding hydrogens is 356 g/mol. The first-order valence-electron chi connectivity index (χ1n) is 10.1. The van der Waals surface area contributed by atoms with Crippen molar-refractivity contribution in [1.82, 2.24) is 20.1 Å². The minimum atomic E-state index is 0.0914. The van der Waals surface area contributed by atoms with Gasteiger partial charge in [0.05, 0.1) is 5.75 Å². The van der Waals surface area contributed by atoms with Crippen LogP contribution in [0.1, 0.15) is 51.0 Å². The van der Waals surface area contributed by atoms with E-state index < -0.39 is 0 Å². The molecule has 1 aliphatic carbocycles. The minimum absolute atomic E-state index is 0.0914. The second-order valence-electron chi connectivity index (χ2n) is 7.42. The van der Waals surface area contributed by atoms with Gasteiger partial charge < -0.3 is 9.88 Å². The summed E-state index contributed by atoms with van der Waals surface area (Å²) in [6.45, 7) is 5.89. The average molecular weight is 387 g/mol. The van der Waals surface area contributed by atoms with Crippen LogP contribution in [0.25, 0.3) is 11.4 Å². The first-order chi connectivity index (χ1) is 13.2. The predicted molar refractivity (Wildman–Crippen MR) is 111 cm³/mol. The summed E-state index contributed by atoms with van der Waals surface area (Å²) >= 11 is 1.48. The topological polar surface area (TPSA) is 59.8 Å².